The number of rotatable bonds is 6. The van der Waals surface area contributed by atoms with E-state index in [1.807, 2.05) is 50.2 Å². The molecular formula is C19H23NO2. The summed E-state index contributed by atoms with van der Waals surface area (Å²) < 4.78 is 5.21. The van der Waals surface area contributed by atoms with Crippen LogP contribution >= 0.6 is 0 Å². The van der Waals surface area contributed by atoms with Gasteiger partial charge in [0.25, 0.3) is 5.91 Å². The third-order valence-corrected chi connectivity index (χ3v) is 3.69. The van der Waals surface area contributed by atoms with Crippen LogP contribution < -0.4 is 10.1 Å². The Morgan fingerprint density at radius 3 is 2.68 bits per heavy atom. The Bertz CT molecular complexity index is 650. The fourth-order valence-corrected chi connectivity index (χ4v) is 2.49. The topological polar surface area (TPSA) is 38.3 Å². The molecule has 2 aromatic carbocycles. The van der Waals surface area contributed by atoms with E-state index in [2.05, 4.69) is 11.4 Å². The van der Waals surface area contributed by atoms with E-state index in [-0.39, 0.29) is 5.91 Å². The van der Waals surface area contributed by atoms with Crippen molar-refractivity contribution in [2.75, 3.05) is 13.7 Å². The lowest BCUT2D eigenvalue weighted by Crippen LogP contribution is -2.25. The fourth-order valence-electron chi connectivity index (χ4n) is 2.49. The van der Waals surface area contributed by atoms with Gasteiger partial charge in [0.1, 0.15) is 5.75 Å². The second kappa shape index (κ2) is 7.64. The molecule has 0 bridgehead atoms. The van der Waals surface area contributed by atoms with Gasteiger partial charge in [-0.1, -0.05) is 29.8 Å². The van der Waals surface area contributed by atoms with E-state index in [1.54, 1.807) is 7.11 Å². The number of hydrogen-bond donors (Lipinski definition) is 1. The van der Waals surface area contributed by atoms with E-state index in [9.17, 15) is 4.79 Å². The monoisotopic (exact) mass is 297 g/mol. The zero-order valence-electron chi connectivity index (χ0n) is 13.5. The molecule has 22 heavy (non-hydrogen) atoms. The van der Waals surface area contributed by atoms with Gasteiger partial charge in [-0.2, -0.15) is 0 Å². The van der Waals surface area contributed by atoms with Crippen molar-refractivity contribution in [1.29, 1.82) is 0 Å². The molecular weight excluding hydrogens is 274 g/mol. The molecule has 0 radical (unpaired) electrons. The smallest absolute Gasteiger partial charge is 0.251 e. The lowest BCUT2D eigenvalue weighted by molar-refractivity contribution is 0.0952. The van der Waals surface area contributed by atoms with Crippen LogP contribution in [0, 0.1) is 13.8 Å². The highest BCUT2D eigenvalue weighted by molar-refractivity contribution is 5.95. The summed E-state index contributed by atoms with van der Waals surface area (Å²) in [5.74, 6) is 0.875. The fraction of sp³-hybridized carbons (Fsp3) is 0.316. The second-order valence-electron chi connectivity index (χ2n) is 5.53. The van der Waals surface area contributed by atoms with Crippen LogP contribution in [0.2, 0.25) is 0 Å². The third-order valence-electron chi connectivity index (χ3n) is 3.69. The van der Waals surface area contributed by atoms with Gasteiger partial charge in [0.15, 0.2) is 0 Å². The number of benzene rings is 2. The van der Waals surface area contributed by atoms with Crippen LogP contribution in [0.15, 0.2) is 42.5 Å². The lowest BCUT2D eigenvalue weighted by Gasteiger charge is -2.09. The lowest BCUT2D eigenvalue weighted by atomic mass is 10.1. The molecule has 0 aliphatic carbocycles. The molecule has 1 amide bonds. The summed E-state index contributed by atoms with van der Waals surface area (Å²) in [6, 6.07) is 13.9. The highest BCUT2D eigenvalue weighted by Crippen LogP contribution is 2.14. The van der Waals surface area contributed by atoms with Crippen molar-refractivity contribution in [3.8, 4) is 5.75 Å². The minimum absolute atomic E-state index is 0.00291. The average Bonchev–Trinajstić information content (AvgIpc) is 2.51. The van der Waals surface area contributed by atoms with E-state index in [4.69, 9.17) is 4.74 Å². The normalized spacial score (nSPS) is 10.3. The SMILES string of the molecule is COc1cccc(CCCNC(=O)c2ccc(C)cc2C)c1. The van der Waals surface area contributed by atoms with E-state index < -0.39 is 0 Å². The molecule has 116 valence electrons. The number of ether oxygens (including phenoxy) is 1. The van der Waals surface area contributed by atoms with E-state index in [1.165, 1.54) is 11.1 Å². The Hall–Kier alpha value is -2.29. The number of methoxy groups -OCH3 is 1. The van der Waals surface area contributed by atoms with Crippen molar-refractivity contribution in [3.05, 3.63) is 64.7 Å². The molecule has 2 aromatic rings. The highest BCUT2D eigenvalue weighted by Gasteiger charge is 2.08. The van der Waals surface area contributed by atoms with Crippen LogP contribution in [0.5, 0.6) is 5.75 Å². The second-order valence-corrected chi connectivity index (χ2v) is 5.53. The zero-order valence-corrected chi connectivity index (χ0v) is 13.5. The first-order valence-electron chi connectivity index (χ1n) is 7.58. The molecule has 0 aliphatic heterocycles. The number of aryl methyl sites for hydroxylation is 3. The van der Waals surface area contributed by atoms with E-state index in [0.717, 1.165) is 29.7 Å². The summed E-state index contributed by atoms with van der Waals surface area (Å²) in [6.07, 6.45) is 1.83. The van der Waals surface area contributed by atoms with Gasteiger partial charge in [-0.3, -0.25) is 4.79 Å². The number of carbonyl (C=O) groups is 1. The van der Waals surface area contributed by atoms with Gasteiger partial charge >= 0.3 is 0 Å². The van der Waals surface area contributed by atoms with E-state index in [0.29, 0.717) is 6.54 Å². The summed E-state index contributed by atoms with van der Waals surface area (Å²) in [4.78, 5) is 12.2. The third kappa shape index (κ3) is 4.35. The van der Waals surface area contributed by atoms with Crippen LogP contribution in [-0.2, 0) is 6.42 Å². The first-order valence-corrected chi connectivity index (χ1v) is 7.58. The Balaban J connectivity index is 1.82. The molecule has 3 heteroatoms. The predicted molar refractivity (Wildman–Crippen MR) is 89.6 cm³/mol. The summed E-state index contributed by atoms with van der Waals surface area (Å²) >= 11 is 0. The van der Waals surface area contributed by atoms with Crippen LogP contribution in [-0.4, -0.2) is 19.6 Å². The zero-order chi connectivity index (χ0) is 15.9. The van der Waals surface area contributed by atoms with Gasteiger partial charge in [-0.05, 0) is 56.0 Å². The van der Waals surface area contributed by atoms with Crippen molar-refractivity contribution in [2.24, 2.45) is 0 Å². The van der Waals surface area contributed by atoms with Crippen molar-refractivity contribution in [3.63, 3.8) is 0 Å². The van der Waals surface area contributed by atoms with Gasteiger partial charge in [-0.15, -0.1) is 0 Å². The molecule has 0 aromatic heterocycles. The first-order chi connectivity index (χ1) is 10.6. The maximum Gasteiger partial charge on any atom is 0.251 e. The Labute approximate surface area is 132 Å². The maximum absolute atomic E-state index is 12.2. The molecule has 1 N–H and O–H groups in total. The van der Waals surface area contributed by atoms with Crippen molar-refractivity contribution in [1.82, 2.24) is 5.32 Å². The Morgan fingerprint density at radius 2 is 1.95 bits per heavy atom. The maximum atomic E-state index is 12.2. The summed E-state index contributed by atoms with van der Waals surface area (Å²) in [5.41, 5.74) is 4.17. The quantitative estimate of drug-likeness (QED) is 0.826. The average molecular weight is 297 g/mol. The van der Waals surface area contributed by atoms with Crippen molar-refractivity contribution < 1.29 is 9.53 Å². The number of amides is 1. The van der Waals surface area contributed by atoms with E-state index >= 15 is 0 Å². The number of carbonyl (C=O) groups excluding carboxylic acids is 1. The van der Waals surface area contributed by atoms with Gasteiger partial charge in [0.2, 0.25) is 0 Å². The largest absolute Gasteiger partial charge is 0.497 e. The highest BCUT2D eigenvalue weighted by atomic mass is 16.5. The summed E-state index contributed by atoms with van der Waals surface area (Å²) in [7, 11) is 1.67. The minimum atomic E-state index is 0.00291. The van der Waals surface area contributed by atoms with Gasteiger partial charge in [-0.25, -0.2) is 0 Å². The molecule has 0 saturated carbocycles. The minimum Gasteiger partial charge on any atom is -0.497 e. The molecule has 0 atom stereocenters. The first kappa shape index (κ1) is 16.1. The predicted octanol–water partition coefficient (Wildman–Crippen LogP) is 3.67. The molecule has 3 nitrogen and oxygen atoms in total. The Kier molecular flexibility index (Phi) is 5.59. The van der Waals surface area contributed by atoms with Gasteiger partial charge in [0, 0.05) is 12.1 Å². The number of nitrogens with one attached hydrogen (secondary N) is 1. The van der Waals surface area contributed by atoms with Crippen LogP contribution in [0.1, 0.15) is 33.5 Å². The van der Waals surface area contributed by atoms with Crippen LogP contribution in [0.25, 0.3) is 0 Å². The summed E-state index contributed by atoms with van der Waals surface area (Å²) in [6.45, 7) is 4.67. The molecule has 0 fully saturated rings. The summed E-state index contributed by atoms with van der Waals surface area (Å²) in [5, 5.41) is 2.99. The molecule has 0 unspecified atom stereocenters. The molecule has 0 heterocycles. The molecule has 0 saturated heterocycles. The van der Waals surface area contributed by atoms with Gasteiger partial charge in [0.05, 0.1) is 7.11 Å². The number of hydrogen-bond acceptors (Lipinski definition) is 2. The van der Waals surface area contributed by atoms with Crippen LogP contribution in [0.3, 0.4) is 0 Å². The standard InChI is InChI=1S/C19H23NO2/c1-14-9-10-18(15(2)12-14)19(21)20-11-5-7-16-6-4-8-17(13-16)22-3/h4,6,8-10,12-13H,5,7,11H2,1-3H3,(H,20,21). The molecule has 0 aliphatic rings. The van der Waals surface area contributed by atoms with Crippen molar-refractivity contribution in [2.45, 2.75) is 26.7 Å². The molecule has 2 rings (SSSR count). The Morgan fingerprint density at radius 1 is 1.14 bits per heavy atom. The molecule has 0 spiro atoms. The van der Waals surface area contributed by atoms with Crippen LogP contribution in [0.4, 0.5) is 0 Å². The van der Waals surface area contributed by atoms with Crippen molar-refractivity contribution >= 4 is 5.91 Å². The van der Waals surface area contributed by atoms with Gasteiger partial charge < -0.3 is 10.1 Å².